The van der Waals surface area contributed by atoms with Crippen molar-refractivity contribution in [1.29, 1.82) is 0 Å². The number of primary amides is 1. The van der Waals surface area contributed by atoms with E-state index in [1.165, 1.54) is 6.26 Å². The molecule has 20 heavy (non-hydrogen) atoms. The van der Waals surface area contributed by atoms with Crippen LogP contribution in [0.15, 0.2) is 28.9 Å². The van der Waals surface area contributed by atoms with E-state index in [1.807, 2.05) is 25.1 Å². The van der Waals surface area contributed by atoms with E-state index < -0.39 is 12.0 Å². The summed E-state index contributed by atoms with van der Waals surface area (Å²) in [5.41, 5.74) is 7.45. The van der Waals surface area contributed by atoms with E-state index >= 15 is 0 Å². The number of carbonyl (C=O) groups is 2. The maximum Gasteiger partial charge on any atom is 0.248 e. The number of benzene rings is 1. The number of amides is 2. The smallest absolute Gasteiger partial charge is 0.248 e. The summed E-state index contributed by atoms with van der Waals surface area (Å²) in [5, 5.41) is 12.5. The van der Waals surface area contributed by atoms with Crippen molar-refractivity contribution in [3.63, 3.8) is 0 Å². The SMILES string of the molecule is Cc1ccc2c(CC(=O)NCC(O)C(N)=O)coc2c1. The van der Waals surface area contributed by atoms with Crippen LogP contribution in [-0.4, -0.2) is 29.6 Å². The van der Waals surface area contributed by atoms with E-state index in [0.717, 1.165) is 22.1 Å². The number of nitrogens with two attached hydrogens (primary N) is 1. The molecule has 6 nitrogen and oxygen atoms in total. The molecule has 1 atom stereocenters. The van der Waals surface area contributed by atoms with Crippen molar-refractivity contribution in [2.75, 3.05) is 6.54 Å². The van der Waals surface area contributed by atoms with E-state index in [0.29, 0.717) is 0 Å². The fraction of sp³-hybridized carbons (Fsp3) is 0.286. The predicted octanol–water partition coefficient (Wildman–Crippen LogP) is 0.246. The number of rotatable bonds is 5. The third-order valence-corrected chi connectivity index (χ3v) is 2.98. The molecule has 0 aliphatic heterocycles. The number of hydrogen-bond donors (Lipinski definition) is 3. The molecule has 0 aliphatic rings. The van der Waals surface area contributed by atoms with Crippen LogP contribution < -0.4 is 11.1 Å². The molecule has 0 fully saturated rings. The summed E-state index contributed by atoms with van der Waals surface area (Å²) >= 11 is 0. The molecule has 2 amide bonds. The van der Waals surface area contributed by atoms with Gasteiger partial charge < -0.3 is 20.6 Å². The second-order valence-corrected chi connectivity index (χ2v) is 4.66. The standard InChI is InChI=1S/C14H16N2O4/c1-8-2-3-10-9(7-20-12(10)4-8)5-13(18)16-6-11(17)14(15)19/h2-4,7,11,17H,5-6H2,1H3,(H2,15,19)(H,16,18). The van der Waals surface area contributed by atoms with Gasteiger partial charge in [-0.25, -0.2) is 0 Å². The number of aliphatic hydroxyl groups excluding tert-OH is 1. The number of furan rings is 1. The van der Waals surface area contributed by atoms with Gasteiger partial charge >= 0.3 is 0 Å². The zero-order valence-corrected chi connectivity index (χ0v) is 11.1. The Hall–Kier alpha value is -2.34. The minimum atomic E-state index is -1.37. The lowest BCUT2D eigenvalue weighted by Gasteiger charge is -2.07. The molecule has 0 spiro atoms. The van der Waals surface area contributed by atoms with E-state index in [1.54, 1.807) is 0 Å². The molecule has 1 aromatic carbocycles. The second kappa shape index (κ2) is 5.75. The van der Waals surface area contributed by atoms with Gasteiger partial charge in [0.25, 0.3) is 0 Å². The Kier molecular flexibility index (Phi) is 4.05. The first-order chi connectivity index (χ1) is 9.47. The van der Waals surface area contributed by atoms with E-state index in [2.05, 4.69) is 5.32 Å². The maximum absolute atomic E-state index is 11.7. The van der Waals surface area contributed by atoms with Gasteiger partial charge in [0.1, 0.15) is 11.7 Å². The van der Waals surface area contributed by atoms with Crippen LogP contribution in [0.25, 0.3) is 11.0 Å². The van der Waals surface area contributed by atoms with Crippen molar-refractivity contribution in [3.8, 4) is 0 Å². The molecular formula is C14H16N2O4. The third kappa shape index (κ3) is 3.16. The highest BCUT2D eigenvalue weighted by Crippen LogP contribution is 2.22. The lowest BCUT2D eigenvalue weighted by molar-refractivity contribution is -0.126. The molecule has 0 saturated heterocycles. The predicted molar refractivity (Wildman–Crippen MR) is 72.9 cm³/mol. The normalized spacial score (nSPS) is 12.3. The largest absolute Gasteiger partial charge is 0.464 e. The minimum absolute atomic E-state index is 0.113. The van der Waals surface area contributed by atoms with Gasteiger partial charge in [0.2, 0.25) is 11.8 Å². The summed E-state index contributed by atoms with van der Waals surface area (Å²) < 4.78 is 5.39. The van der Waals surface area contributed by atoms with Gasteiger partial charge in [-0.05, 0) is 18.6 Å². The first-order valence-corrected chi connectivity index (χ1v) is 6.18. The molecule has 0 bridgehead atoms. The Morgan fingerprint density at radius 3 is 2.90 bits per heavy atom. The van der Waals surface area contributed by atoms with Crippen LogP contribution in [0.1, 0.15) is 11.1 Å². The number of nitrogens with one attached hydrogen (secondary N) is 1. The number of aryl methyl sites for hydroxylation is 1. The van der Waals surface area contributed by atoms with E-state index in [-0.39, 0.29) is 18.9 Å². The Labute approximate surface area is 115 Å². The molecule has 1 aromatic heterocycles. The summed E-state index contributed by atoms with van der Waals surface area (Å²) in [4.78, 5) is 22.4. The number of hydrogen-bond acceptors (Lipinski definition) is 4. The molecule has 2 rings (SSSR count). The number of carbonyl (C=O) groups excluding carboxylic acids is 2. The molecule has 106 valence electrons. The fourth-order valence-corrected chi connectivity index (χ4v) is 1.87. The summed E-state index contributed by atoms with van der Waals surface area (Å²) in [6, 6.07) is 5.73. The first kappa shape index (κ1) is 14.1. The van der Waals surface area contributed by atoms with Crippen LogP contribution >= 0.6 is 0 Å². The highest BCUT2D eigenvalue weighted by atomic mass is 16.3. The first-order valence-electron chi connectivity index (χ1n) is 6.18. The monoisotopic (exact) mass is 276 g/mol. The number of aliphatic hydroxyl groups is 1. The zero-order valence-electron chi connectivity index (χ0n) is 11.1. The molecular weight excluding hydrogens is 260 g/mol. The lowest BCUT2D eigenvalue weighted by Crippen LogP contribution is -2.40. The topological polar surface area (TPSA) is 106 Å². The van der Waals surface area contributed by atoms with Crippen LogP contribution in [0.2, 0.25) is 0 Å². The molecule has 0 radical (unpaired) electrons. The van der Waals surface area contributed by atoms with Crippen molar-refractivity contribution < 1.29 is 19.1 Å². The van der Waals surface area contributed by atoms with Crippen molar-refractivity contribution in [2.24, 2.45) is 5.73 Å². The molecule has 4 N–H and O–H groups in total. The van der Waals surface area contributed by atoms with Crippen LogP contribution in [-0.2, 0) is 16.0 Å². The zero-order chi connectivity index (χ0) is 14.7. The summed E-state index contributed by atoms with van der Waals surface area (Å²) in [6.45, 7) is 1.77. The summed E-state index contributed by atoms with van der Waals surface area (Å²) in [5.74, 6) is -1.18. The Balaban J connectivity index is 2.01. The van der Waals surface area contributed by atoms with E-state index in [9.17, 15) is 14.7 Å². The highest BCUT2D eigenvalue weighted by Gasteiger charge is 2.14. The van der Waals surface area contributed by atoms with E-state index in [4.69, 9.17) is 10.2 Å². The van der Waals surface area contributed by atoms with Crippen LogP contribution in [0, 0.1) is 6.92 Å². The van der Waals surface area contributed by atoms with Gasteiger partial charge in [-0.1, -0.05) is 12.1 Å². The average molecular weight is 276 g/mol. The van der Waals surface area contributed by atoms with Crippen molar-refractivity contribution in [3.05, 3.63) is 35.6 Å². The molecule has 0 aliphatic carbocycles. The van der Waals surface area contributed by atoms with Gasteiger partial charge in [0.15, 0.2) is 0 Å². The Bertz CT molecular complexity index is 648. The molecule has 2 aromatic rings. The lowest BCUT2D eigenvalue weighted by atomic mass is 10.1. The third-order valence-electron chi connectivity index (χ3n) is 2.98. The van der Waals surface area contributed by atoms with Crippen molar-refractivity contribution in [2.45, 2.75) is 19.4 Å². The average Bonchev–Trinajstić information content (AvgIpc) is 2.78. The quantitative estimate of drug-likeness (QED) is 0.727. The van der Waals surface area contributed by atoms with Crippen LogP contribution in [0.5, 0.6) is 0 Å². The number of fused-ring (bicyclic) bond motifs is 1. The second-order valence-electron chi connectivity index (χ2n) is 4.66. The molecule has 0 saturated carbocycles. The van der Waals surface area contributed by atoms with Gasteiger partial charge in [0.05, 0.1) is 19.2 Å². The maximum atomic E-state index is 11.7. The summed E-state index contributed by atoms with van der Waals surface area (Å²) in [6.07, 6.45) is 0.276. The highest BCUT2D eigenvalue weighted by molar-refractivity contribution is 5.88. The van der Waals surface area contributed by atoms with Crippen LogP contribution in [0.3, 0.4) is 0 Å². The van der Waals surface area contributed by atoms with Gasteiger partial charge in [-0.2, -0.15) is 0 Å². The van der Waals surface area contributed by atoms with Crippen LogP contribution in [0.4, 0.5) is 0 Å². The molecule has 1 heterocycles. The minimum Gasteiger partial charge on any atom is -0.464 e. The molecule has 1 unspecified atom stereocenters. The van der Waals surface area contributed by atoms with Gasteiger partial charge in [0, 0.05) is 10.9 Å². The molecule has 6 heteroatoms. The van der Waals surface area contributed by atoms with Gasteiger partial charge in [-0.3, -0.25) is 9.59 Å². The van der Waals surface area contributed by atoms with Gasteiger partial charge in [-0.15, -0.1) is 0 Å². The Morgan fingerprint density at radius 1 is 1.45 bits per heavy atom. The Morgan fingerprint density at radius 2 is 2.20 bits per heavy atom. The summed E-state index contributed by atoms with van der Waals surface area (Å²) in [7, 11) is 0. The fourth-order valence-electron chi connectivity index (χ4n) is 1.87. The van der Waals surface area contributed by atoms with Crippen molar-refractivity contribution >= 4 is 22.8 Å². The van der Waals surface area contributed by atoms with Crippen molar-refractivity contribution in [1.82, 2.24) is 5.32 Å².